The number of hydrogen-bond acceptors (Lipinski definition) is 4. The predicted molar refractivity (Wildman–Crippen MR) is 72.0 cm³/mol. The van der Waals surface area contributed by atoms with Crippen LogP contribution in [-0.2, 0) is 9.59 Å². The molecule has 5 nitrogen and oxygen atoms in total. The predicted octanol–water partition coefficient (Wildman–Crippen LogP) is 0.124. The summed E-state index contributed by atoms with van der Waals surface area (Å²) >= 11 is 1.60. The minimum atomic E-state index is -0.872. The highest BCUT2D eigenvalue weighted by molar-refractivity contribution is 8.00. The smallest absolute Gasteiger partial charge is 0.237 e. The van der Waals surface area contributed by atoms with Gasteiger partial charge < -0.3 is 16.8 Å². The zero-order valence-electron chi connectivity index (χ0n) is 10.5. The van der Waals surface area contributed by atoms with Crippen LogP contribution in [0.25, 0.3) is 0 Å². The van der Waals surface area contributed by atoms with Crippen LogP contribution < -0.4 is 16.8 Å². The number of nitrogens with one attached hydrogen (secondary N) is 1. The molecule has 2 saturated carbocycles. The lowest BCUT2D eigenvalue weighted by Gasteiger charge is -2.35. The molecule has 0 aromatic carbocycles. The maximum Gasteiger partial charge on any atom is 0.237 e. The standard InChI is InChI=1S/C12H21N3O2S/c13-11(17)12(14)5-1-2-9(6-12)18-7-10(16)15-8-3-4-8/h8-9H,1-7,14H2,(H2,13,17)(H,15,16). The first-order chi connectivity index (χ1) is 8.49. The zero-order chi connectivity index (χ0) is 13.2. The van der Waals surface area contributed by atoms with Gasteiger partial charge in [0.2, 0.25) is 11.8 Å². The summed E-state index contributed by atoms with van der Waals surface area (Å²) in [4.78, 5) is 22.9. The van der Waals surface area contributed by atoms with Crippen molar-refractivity contribution in [2.75, 3.05) is 5.75 Å². The van der Waals surface area contributed by atoms with Crippen LogP contribution in [0.1, 0.15) is 38.5 Å². The highest BCUT2D eigenvalue weighted by Gasteiger charge is 2.38. The number of rotatable bonds is 5. The number of thioether (sulfide) groups is 1. The van der Waals surface area contributed by atoms with Crippen molar-refractivity contribution in [2.24, 2.45) is 11.5 Å². The average Bonchev–Trinajstić information content (AvgIpc) is 3.10. The molecule has 2 amide bonds. The first kappa shape index (κ1) is 13.7. The molecule has 18 heavy (non-hydrogen) atoms. The van der Waals surface area contributed by atoms with Crippen LogP contribution in [0.5, 0.6) is 0 Å². The summed E-state index contributed by atoms with van der Waals surface area (Å²) < 4.78 is 0. The molecule has 2 atom stereocenters. The molecule has 0 spiro atoms. The fraction of sp³-hybridized carbons (Fsp3) is 0.833. The third kappa shape index (κ3) is 3.62. The summed E-state index contributed by atoms with van der Waals surface area (Å²) in [5.41, 5.74) is 10.5. The van der Waals surface area contributed by atoms with E-state index < -0.39 is 11.4 Å². The molecule has 2 unspecified atom stereocenters. The zero-order valence-corrected chi connectivity index (χ0v) is 11.3. The van der Waals surface area contributed by atoms with Gasteiger partial charge in [-0.05, 0) is 38.5 Å². The molecule has 0 aromatic heterocycles. The molecule has 0 aromatic rings. The largest absolute Gasteiger partial charge is 0.368 e. The summed E-state index contributed by atoms with van der Waals surface area (Å²) in [5, 5.41) is 3.22. The van der Waals surface area contributed by atoms with Crippen LogP contribution >= 0.6 is 11.8 Å². The van der Waals surface area contributed by atoms with Crippen molar-refractivity contribution in [3.8, 4) is 0 Å². The van der Waals surface area contributed by atoms with Gasteiger partial charge in [0, 0.05) is 11.3 Å². The van der Waals surface area contributed by atoms with Gasteiger partial charge in [0.1, 0.15) is 0 Å². The quantitative estimate of drug-likeness (QED) is 0.661. The van der Waals surface area contributed by atoms with Crippen molar-refractivity contribution < 1.29 is 9.59 Å². The molecule has 0 bridgehead atoms. The van der Waals surface area contributed by atoms with Crippen molar-refractivity contribution in [2.45, 2.75) is 55.4 Å². The van der Waals surface area contributed by atoms with Crippen LogP contribution in [0.2, 0.25) is 0 Å². The molecule has 102 valence electrons. The number of carbonyl (C=O) groups is 2. The van der Waals surface area contributed by atoms with Crippen LogP contribution in [0, 0.1) is 0 Å². The molecule has 0 radical (unpaired) electrons. The summed E-state index contributed by atoms with van der Waals surface area (Å²) in [7, 11) is 0. The van der Waals surface area contributed by atoms with Crippen LogP contribution in [0.4, 0.5) is 0 Å². The van der Waals surface area contributed by atoms with E-state index in [2.05, 4.69) is 5.32 Å². The molecular formula is C12H21N3O2S. The van der Waals surface area contributed by atoms with Gasteiger partial charge in [0.25, 0.3) is 0 Å². The SMILES string of the molecule is NC(=O)C1(N)CCCC(SCC(=O)NC2CC2)C1. The lowest BCUT2D eigenvalue weighted by Crippen LogP contribution is -2.55. The number of nitrogens with two attached hydrogens (primary N) is 2. The average molecular weight is 271 g/mol. The van der Waals surface area contributed by atoms with Gasteiger partial charge in [0.05, 0.1) is 11.3 Å². The molecule has 0 heterocycles. The van der Waals surface area contributed by atoms with Crippen LogP contribution in [0.15, 0.2) is 0 Å². The highest BCUT2D eigenvalue weighted by atomic mass is 32.2. The minimum Gasteiger partial charge on any atom is -0.368 e. The van der Waals surface area contributed by atoms with Crippen LogP contribution in [0.3, 0.4) is 0 Å². The summed E-state index contributed by atoms with van der Waals surface area (Å²) in [5.74, 6) is 0.126. The van der Waals surface area contributed by atoms with E-state index in [4.69, 9.17) is 11.5 Å². The Bertz CT molecular complexity index is 346. The van der Waals surface area contributed by atoms with E-state index in [-0.39, 0.29) is 11.2 Å². The van der Waals surface area contributed by atoms with Crippen molar-refractivity contribution >= 4 is 23.6 Å². The highest BCUT2D eigenvalue weighted by Crippen LogP contribution is 2.33. The minimum absolute atomic E-state index is 0.0924. The molecular weight excluding hydrogens is 250 g/mol. The van der Waals surface area contributed by atoms with E-state index in [9.17, 15) is 9.59 Å². The molecule has 2 aliphatic rings. The van der Waals surface area contributed by atoms with Gasteiger partial charge in [0.15, 0.2) is 0 Å². The molecule has 6 heteroatoms. The van der Waals surface area contributed by atoms with Gasteiger partial charge in [-0.2, -0.15) is 0 Å². The molecule has 0 aliphatic heterocycles. The molecule has 2 rings (SSSR count). The lowest BCUT2D eigenvalue weighted by molar-refractivity contribution is -0.124. The Labute approximate surface area is 111 Å². The third-order valence-corrected chi connectivity index (χ3v) is 4.93. The second-order valence-corrected chi connectivity index (χ2v) is 6.68. The van der Waals surface area contributed by atoms with Gasteiger partial charge in [-0.15, -0.1) is 11.8 Å². The first-order valence-electron chi connectivity index (χ1n) is 6.49. The van der Waals surface area contributed by atoms with Gasteiger partial charge in [-0.25, -0.2) is 0 Å². The second-order valence-electron chi connectivity index (χ2n) is 5.39. The lowest BCUT2D eigenvalue weighted by atomic mass is 9.82. The van der Waals surface area contributed by atoms with E-state index in [1.807, 2.05) is 0 Å². The Hall–Kier alpha value is -0.750. The fourth-order valence-corrected chi connectivity index (χ4v) is 3.53. The molecule has 0 saturated heterocycles. The normalized spacial score (nSPS) is 31.9. The summed E-state index contributed by atoms with van der Waals surface area (Å²) in [6.07, 6.45) is 5.37. The first-order valence-corrected chi connectivity index (χ1v) is 7.54. The van der Waals surface area contributed by atoms with Gasteiger partial charge in [-0.3, -0.25) is 9.59 Å². The molecule has 2 aliphatic carbocycles. The van der Waals surface area contributed by atoms with Crippen molar-refractivity contribution in [1.29, 1.82) is 0 Å². The Kier molecular flexibility index (Phi) is 4.17. The number of primary amides is 1. The second kappa shape index (κ2) is 5.48. The fourth-order valence-electron chi connectivity index (χ4n) is 2.31. The summed E-state index contributed by atoms with van der Waals surface area (Å²) in [6.45, 7) is 0. The maximum absolute atomic E-state index is 11.6. The van der Waals surface area contributed by atoms with Crippen LogP contribution in [-0.4, -0.2) is 34.4 Å². The van der Waals surface area contributed by atoms with E-state index >= 15 is 0 Å². The topological polar surface area (TPSA) is 98.2 Å². The van der Waals surface area contributed by atoms with E-state index in [1.165, 1.54) is 0 Å². The van der Waals surface area contributed by atoms with E-state index in [0.29, 0.717) is 24.6 Å². The summed E-state index contributed by atoms with van der Waals surface area (Å²) in [6, 6.07) is 0.406. The number of amides is 2. The Morgan fingerprint density at radius 3 is 2.67 bits per heavy atom. The Balaban J connectivity index is 1.75. The monoisotopic (exact) mass is 271 g/mol. The Morgan fingerprint density at radius 2 is 2.06 bits per heavy atom. The maximum atomic E-state index is 11.6. The molecule has 2 fully saturated rings. The van der Waals surface area contributed by atoms with Crippen molar-refractivity contribution in [3.63, 3.8) is 0 Å². The third-order valence-electron chi connectivity index (χ3n) is 3.62. The Morgan fingerprint density at radius 1 is 1.33 bits per heavy atom. The van der Waals surface area contributed by atoms with E-state index in [0.717, 1.165) is 25.7 Å². The van der Waals surface area contributed by atoms with Crippen molar-refractivity contribution in [1.82, 2.24) is 5.32 Å². The number of carbonyl (C=O) groups excluding carboxylic acids is 2. The van der Waals surface area contributed by atoms with Gasteiger partial charge in [-0.1, -0.05) is 0 Å². The number of hydrogen-bond donors (Lipinski definition) is 3. The van der Waals surface area contributed by atoms with Crippen molar-refractivity contribution in [3.05, 3.63) is 0 Å². The van der Waals surface area contributed by atoms with E-state index in [1.54, 1.807) is 11.8 Å². The van der Waals surface area contributed by atoms with Gasteiger partial charge >= 0.3 is 0 Å². The molecule has 5 N–H and O–H groups in total.